The number of hydrogen-bond donors (Lipinski definition) is 2. The van der Waals surface area contributed by atoms with Gasteiger partial charge in [-0.2, -0.15) is 0 Å². The first-order chi connectivity index (χ1) is 10.1. The fraction of sp³-hybridized carbons (Fsp3) is 0.533. The second-order valence-electron chi connectivity index (χ2n) is 5.17. The Bertz CT molecular complexity index is 497. The van der Waals surface area contributed by atoms with Gasteiger partial charge in [0.1, 0.15) is 5.60 Å². The summed E-state index contributed by atoms with van der Waals surface area (Å²) in [5.74, 6) is 1.06. The van der Waals surface area contributed by atoms with E-state index in [1.54, 1.807) is 26.4 Å². The van der Waals surface area contributed by atoms with Crippen molar-refractivity contribution in [1.82, 2.24) is 5.32 Å². The van der Waals surface area contributed by atoms with E-state index in [4.69, 9.17) is 14.2 Å². The fourth-order valence-corrected chi connectivity index (χ4v) is 2.24. The van der Waals surface area contributed by atoms with E-state index in [2.05, 4.69) is 5.32 Å². The Kier molecular flexibility index (Phi) is 5.03. The molecule has 0 radical (unpaired) electrons. The molecule has 6 nitrogen and oxygen atoms in total. The molecule has 1 aromatic rings. The number of amides is 1. The van der Waals surface area contributed by atoms with Gasteiger partial charge in [-0.1, -0.05) is 6.07 Å². The number of carbonyl (C=O) groups excluding carboxylic acids is 1. The molecule has 1 atom stereocenters. The summed E-state index contributed by atoms with van der Waals surface area (Å²) in [5.41, 5.74) is -0.118. The molecular formula is C15H21NO5. The van der Waals surface area contributed by atoms with E-state index in [1.807, 2.05) is 6.07 Å². The van der Waals surface area contributed by atoms with Crippen molar-refractivity contribution >= 4 is 5.91 Å². The summed E-state index contributed by atoms with van der Waals surface area (Å²) in [7, 11) is 3.12. The highest BCUT2D eigenvalue weighted by Crippen LogP contribution is 2.27. The van der Waals surface area contributed by atoms with Crippen molar-refractivity contribution in [2.24, 2.45) is 0 Å². The van der Waals surface area contributed by atoms with Gasteiger partial charge >= 0.3 is 0 Å². The summed E-state index contributed by atoms with van der Waals surface area (Å²) < 4.78 is 15.5. The Morgan fingerprint density at radius 2 is 2.14 bits per heavy atom. The summed E-state index contributed by atoms with van der Waals surface area (Å²) in [4.78, 5) is 11.9. The zero-order valence-corrected chi connectivity index (χ0v) is 12.3. The lowest BCUT2D eigenvalue weighted by molar-refractivity contribution is -0.121. The molecule has 1 saturated heterocycles. The predicted molar refractivity (Wildman–Crippen MR) is 76.6 cm³/mol. The molecular weight excluding hydrogens is 274 g/mol. The van der Waals surface area contributed by atoms with Gasteiger partial charge in [-0.05, 0) is 17.7 Å². The molecule has 1 unspecified atom stereocenters. The van der Waals surface area contributed by atoms with Gasteiger partial charge in [-0.3, -0.25) is 4.79 Å². The first-order valence-electron chi connectivity index (χ1n) is 6.84. The molecule has 116 valence electrons. The van der Waals surface area contributed by atoms with Gasteiger partial charge in [0.2, 0.25) is 5.91 Å². The minimum atomic E-state index is -0.937. The second-order valence-corrected chi connectivity index (χ2v) is 5.17. The zero-order valence-electron chi connectivity index (χ0n) is 12.3. The molecule has 1 heterocycles. The number of aliphatic hydroxyl groups is 1. The van der Waals surface area contributed by atoms with E-state index in [0.717, 1.165) is 5.56 Å². The lowest BCUT2D eigenvalue weighted by Crippen LogP contribution is -2.43. The number of carbonyl (C=O) groups is 1. The minimum absolute atomic E-state index is 0.150. The van der Waals surface area contributed by atoms with Gasteiger partial charge in [0, 0.05) is 19.6 Å². The molecule has 2 N–H and O–H groups in total. The van der Waals surface area contributed by atoms with Crippen molar-refractivity contribution in [1.29, 1.82) is 0 Å². The van der Waals surface area contributed by atoms with Crippen LogP contribution in [-0.4, -0.2) is 50.6 Å². The van der Waals surface area contributed by atoms with Crippen LogP contribution in [0, 0.1) is 0 Å². The molecule has 1 amide bonds. The molecule has 1 fully saturated rings. The number of rotatable bonds is 6. The van der Waals surface area contributed by atoms with Crippen LogP contribution in [0.5, 0.6) is 11.5 Å². The van der Waals surface area contributed by atoms with Crippen molar-refractivity contribution in [2.75, 3.05) is 34.0 Å². The molecule has 2 rings (SSSR count). The number of hydrogen-bond acceptors (Lipinski definition) is 5. The first kappa shape index (κ1) is 15.6. The summed E-state index contributed by atoms with van der Waals surface area (Å²) in [5, 5.41) is 12.8. The fourth-order valence-electron chi connectivity index (χ4n) is 2.24. The third-order valence-corrected chi connectivity index (χ3v) is 3.51. The molecule has 1 aliphatic heterocycles. The maximum Gasteiger partial charge on any atom is 0.224 e. The average Bonchev–Trinajstić information content (AvgIpc) is 2.92. The second kappa shape index (κ2) is 6.78. The lowest BCUT2D eigenvalue weighted by Gasteiger charge is -2.20. The normalized spacial score (nSPS) is 21.1. The van der Waals surface area contributed by atoms with Crippen LogP contribution >= 0.6 is 0 Å². The average molecular weight is 295 g/mol. The van der Waals surface area contributed by atoms with Crippen LogP contribution in [0.4, 0.5) is 0 Å². The number of methoxy groups -OCH3 is 2. The maximum absolute atomic E-state index is 11.9. The van der Waals surface area contributed by atoms with Crippen LogP contribution in [0.3, 0.4) is 0 Å². The Hall–Kier alpha value is -1.79. The van der Waals surface area contributed by atoms with Crippen molar-refractivity contribution in [3.8, 4) is 11.5 Å². The third-order valence-electron chi connectivity index (χ3n) is 3.51. The summed E-state index contributed by atoms with van der Waals surface area (Å²) >= 11 is 0. The van der Waals surface area contributed by atoms with Crippen LogP contribution in [-0.2, 0) is 16.0 Å². The highest BCUT2D eigenvalue weighted by Gasteiger charge is 2.32. The van der Waals surface area contributed by atoms with Gasteiger partial charge in [0.05, 0.1) is 27.2 Å². The van der Waals surface area contributed by atoms with Crippen LogP contribution < -0.4 is 14.8 Å². The van der Waals surface area contributed by atoms with Crippen molar-refractivity contribution in [3.05, 3.63) is 23.8 Å². The largest absolute Gasteiger partial charge is 0.493 e. The quantitative estimate of drug-likeness (QED) is 0.800. The molecule has 0 spiro atoms. The predicted octanol–water partition coefficient (Wildman–Crippen LogP) is 0.514. The summed E-state index contributed by atoms with van der Waals surface area (Å²) in [6.45, 7) is 1.00. The van der Waals surface area contributed by atoms with Gasteiger partial charge in [-0.25, -0.2) is 0 Å². The Morgan fingerprint density at radius 1 is 1.38 bits per heavy atom. The third kappa shape index (κ3) is 4.09. The van der Waals surface area contributed by atoms with Crippen molar-refractivity contribution < 1.29 is 24.1 Å². The molecule has 0 saturated carbocycles. The van der Waals surface area contributed by atoms with Crippen LogP contribution in [0.25, 0.3) is 0 Å². The van der Waals surface area contributed by atoms with Gasteiger partial charge < -0.3 is 24.6 Å². The Morgan fingerprint density at radius 3 is 2.76 bits per heavy atom. The van der Waals surface area contributed by atoms with E-state index in [0.29, 0.717) is 24.5 Å². The van der Waals surface area contributed by atoms with Crippen LogP contribution in [0.1, 0.15) is 12.0 Å². The molecule has 0 aliphatic carbocycles. The lowest BCUT2D eigenvalue weighted by atomic mass is 10.0. The molecule has 0 bridgehead atoms. The van der Waals surface area contributed by atoms with Gasteiger partial charge in [0.25, 0.3) is 0 Å². The molecule has 1 aliphatic rings. The summed E-state index contributed by atoms with van der Waals surface area (Å²) in [6, 6.07) is 5.35. The number of ether oxygens (including phenoxy) is 3. The molecule has 21 heavy (non-hydrogen) atoms. The minimum Gasteiger partial charge on any atom is -0.493 e. The highest BCUT2D eigenvalue weighted by molar-refractivity contribution is 5.78. The smallest absolute Gasteiger partial charge is 0.224 e. The summed E-state index contributed by atoms with van der Waals surface area (Å²) in [6.07, 6.45) is 0.765. The van der Waals surface area contributed by atoms with Crippen molar-refractivity contribution in [2.45, 2.75) is 18.4 Å². The molecule has 0 aromatic heterocycles. The maximum atomic E-state index is 11.9. The van der Waals surface area contributed by atoms with Crippen LogP contribution in [0.2, 0.25) is 0 Å². The van der Waals surface area contributed by atoms with Crippen LogP contribution in [0.15, 0.2) is 18.2 Å². The molecule has 6 heteroatoms. The SMILES string of the molecule is COc1ccc(CC(=O)NCC2(O)CCOC2)cc1OC. The number of nitrogens with one attached hydrogen (secondary N) is 1. The highest BCUT2D eigenvalue weighted by atomic mass is 16.5. The van der Waals surface area contributed by atoms with E-state index in [-0.39, 0.29) is 25.5 Å². The first-order valence-corrected chi connectivity index (χ1v) is 6.84. The van der Waals surface area contributed by atoms with E-state index in [1.165, 1.54) is 0 Å². The van der Waals surface area contributed by atoms with Gasteiger partial charge in [-0.15, -0.1) is 0 Å². The van der Waals surface area contributed by atoms with E-state index < -0.39 is 5.60 Å². The van der Waals surface area contributed by atoms with E-state index in [9.17, 15) is 9.90 Å². The monoisotopic (exact) mass is 295 g/mol. The number of benzene rings is 1. The topological polar surface area (TPSA) is 77.0 Å². The van der Waals surface area contributed by atoms with E-state index >= 15 is 0 Å². The Labute approximate surface area is 124 Å². The zero-order chi connectivity index (χ0) is 15.3. The van der Waals surface area contributed by atoms with Crippen molar-refractivity contribution in [3.63, 3.8) is 0 Å². The molecule has 1 aromatic carbocycles. The van der Waals surface area contributed by atoms with Gasteiger partial charge in [0.15, 0.2) is 11.5 Å². The standard InChI is InChI=1S/C15H21NO5/c1-19-12-4-3-11(7-13(12)20-2)8-14(17)16-9-15(18)5-6-21-10-15/h3-4,7,18H,5-6,8-10H2,1-2H3,(H,16,17). The Balaban J connectivity index is 1.90.